The van der Waals surface area contributed by atoms with Gasteiger partial charge in [0.1, 0.15) is 0 Å². The fourth-order valence-corrected chi connectivity index (χ4v) is 7.16. The molecular formula is C19H29F3O2. The zero-order valence-electron chi connectivity index (χ0n) is 14.6. The maximum absolute atomic E-state index is 15.8. The van der Waals surface area contributed by atoms with Crippen LogP contribution in [-0.4, -0.2) is 34.0 Å². The number of alkyl halides is 3. The first kappa shape index (κ1) is 17.1. The SMILES string of the molecule is C[C@]12CCC3C(CC(F)(F)[C@@]4(F)C[C@H](O)CC[C@]34C)C1CCC2O. The molecule has 0 aromatic heterocycles. The smallest absolute Gasteiger partial charge is 0.282 e. The molecule has 0 saturated heterocycles. The summed E-state index contributed by atoms with van der Waals surface area (Å²) in [6.07, 6.45) is 1.43. The first-order valence-electron chi connectivity index (χ1n) is 9.48. The Hall–Kier alpha value is -0.290. The third-order valence-corrected chi connectivity index (χ3v) is 8.70. The lowest BCUT2D eigenvalue weighted by molar-refractivity contribution is -0.294. The molecule has 0 aliphatic heterocycles. The number of aliphatic hydroxyl groups excluding tert-OH is 2. The van der Waals surface area contributed by atoms with Gasteiger partial charge in [-0.05, 0) is 61.7 Å². The molecule has 4 saturated carbocycles. The molecule has 2 nitrogen and oxygen atoms in total. The normalized spacial score (nSPS) is 59.4. The van der Waals surface area contributed by atoms with Gasteiger partial charge in [-0.25, -0.2) is 13.2 Å². The highest BCUT2D eigenvalue weighted by atomic mass is 19.3. The molecule has 0 aromatic carbocycles. The van der Waals surface area contributed by atoms with Crippen molar-refractivity contribution in [3.05, 3.63) is 0 Å². The first-order valence-corrected chi connectivity index (χ1v) is 9.48. The van der Waals surface area contributed by atoms with Crippen LogP contribution in [0, 0.1) is 28.6 Å². The van der Waals surface area contributed by atoms with Crippen molar-refractivity contribution >= 4 is 0 Å². The second-order valence-electron chi connectivity index (χ2n) is 9.54. The standard InChI is InChI=1S/C19H29F3O2/c1-16-7-6-14-12(13(16)3-4-15(16)24)10-19(21,22)18(20)9-11(23)5-8-17(14,18)2/h11-15,23-24H,3-10H2,1-2H3/t11-,12?,13?,14?,15?,16+,17-,18-/m1/s1. The predicted octanol–water partition coefficient (Wildman–Crippen LogP) is 4.09. The summed E-state index contributed by atoms with van der Waals surface area (Å²) >= 11 is 0. The van der Waals surface area contributed by atoms with Crippen LogP contribution in [0.15, 0.2) is 0 Å². The van der Waals surface area contributed by atoms with E-state index in [1.807, 2.05) is 6.92 Å². The monoisotopic (exact) mass is 346 g/mol. The minimum Gasteiger partial charge on any atom is -0.393 e. The summed E-state index contributed by atoms with van der Waals surface area (Å²) in [5.74, 6) is -3.64. The van der Waals surface area contributed by atoms with Crippen LogP contribution in [0.4, 0.5) is 13.2 Å². The lowest BCUT2D eigenvalue weighted by Gasteiger charge is -2.64. The fraction of sp³-hybridized carbons (Fsp3) is 1.00. The Morgan fingerprint density at radius 1 is 0.833 bits per heavy atom. The molecule has 4 rings (SSSR count). The van der Waals surface area contributed by atoms with Crippen LogP contribution in [-0.2, 0) is 0 Å². The highest BCUT2D eigenvalue weighted by molar-refractivity contribution is 5.19. The van der Waals surface area contributed by atoms with Gasteiger partial charge in [0.25, 0.3) is 5.92 Å². The molecule has 0 bridgehead atoms. The van der Waals surface area contributed by atoms with Crippen LogP contribution in [0.1, 0.15) is 65.2 Å². The van der Waals surface area contributed by atoms with Crippen molar-refractivity contribution in [3.8, 4) is 0 Å². The van der Waals surface area contributed by atoms with E-state index in [1.54, 1.807) is 6.92 Å². The van der Waals surface area contributed by atoms with Gasteiger partial charge in [-0.3, -0.25) is 0 Å². The van der Waals surface area contributed by atoms with Crippen molar-refractivity contribution in [1.82, 2.24) is 0 Å². The van der Waals surface area contributed by atoms with Crippen LogP contribution in [0.25, 0.3) is 0 Å². The summed E-state index contributed by atoms with van der Waals surface area (Å²) in [5.41, 5.74) is -3.98. The van der Waals surface area contributed by atoms with Crippen molar-refractivity contribution in [1.29, 1.82) is 0 Å². The molecule has 4 aliphatic carbocycles. The second kappa shape index (κ2) is 4.91. The van der Waals surface area contributed by atoms with Crippen LogP contribution in [0.5, 0.6) is 0 Å². The van der Waals surface area contributed by atoms with E-state index in [9.17, 15) is 10.2 Å². The Balaban J connectivity index is 1.76. The van der Waals surface area contributed by atoms with E-state index >= 15 is 13.2 Å². The minimum atomic E-state index is -3.41. The largest absolute Gasteiger partial charge is 0.393 e. The average molecular weight is 346 g/mol. The van der Waals surface area contributed by atoms with E-state index in [1.165, 1.54) is 0 Å². The maximum Gasteiger partial charge on any atom is 0.282 e. The zero-order chi connectivity index (χ0) is 17.5. The van der Waals surface area contributed by atoms with Crippen LogP contribution >= 0.6 is 0 Å². The summed E-state index contributed by atoms with van der Waals surface area (Å²) in [6, 6.07) is 0. The van der Waals surface area contributed by atoms with Gasteiger partial charge in [0.05, 0.1) is 12.2 Å². The summed E-state index contributed by atoms with van der Waals surface area (Å²) in [6.45, 7) is 3.74. The summed E-state index contributed by atoms with van der Waals surface area (Å²) in [4.78, 5) is 0. The number of rotatable bonds is 0. The molecule has 2 N–H and O–H groups in total. The molecule has 24 heavy (non-hydrogen) atoms. The fourth-order valence-electron chi connectivity index (χ4n) is 7.16. The van der Waals surface area contributed by atoms with E-state index in [0.717, 1.165) is 12.8 Å². The molecule has 4 unspecified atom stereocenters. The zero-order valence-corrected chi connectivity index (χ0v) is 14.6. The molecule has 8 atom stereocenters. The van der Waals surface area contributed by atoms with Crippen molar-refractivity contribution in [2.24, 2.45) is 28.6 Å². The Morgan fingerprint density at radius 3 is 2.25 bits per heavy atom. The molecule has 138 valence electrons. The lowest BCUT2D eigenvalue weighted by atomic mass is 9.43. The van der Waals surface area contributed by atoms with E-state index in [0.29, 0.717) is 25.7 Å². The number of aliphatic hydroxyl groups is 2. The highest BCUT2D eigenvalue weighted by Crippen LogP contribution is 2.71. The van der Waals surface area contributed by atoms with Crippen molar-refractivity contribution in [2.75, 3.05) is 0 Å². The number of fused-ring (bicyclic) bond motifs is 5. The van der Waals surface area contributed by atoms with Gasteiger partial charge in [0, 0.05) is 18.3 Å². The van der Waals surface area contributed by atoms with E-state index in [4.69, 9.17) is 0 Å². The first-order chi connectivity index (χ1) is 11.1. The maximum atomic E-state index is 15.8. The molecule has 4 aliphatic rings. The van der Waals surface area contributed by atoms with Crippen LogP contribution < -0.4 is 0 Å². The van der Waals surface area contributed by atoms with Crippen molar-refractivity contribution in [3.63, 3.8) is 0 Å². The van der Waals surface area contributed by atoms with Gasteiger partial charge >= 0.3 is 0 Å². The minimum absolute atomic E-state index is 0.0605. The molecule has 0 aromatic rings. The van der Waals surface area contributed by atoms with Gasteiger partial charge in [-0.1, -0.05) is 13.8 Å². The Bertz CT molecular complexity index is 541. The van der Waals surface area contributed by atoms with Gasteiger partial charge in [0.2, 0.25) is 0 Å². The predicted molar refractivity (Wildman–Crippen MR) is 84.4 cm³/mol. The van der Waals surface area contributed by atoms with E-state index in [-0.39, 0.29) is 23.2 Å². The van der Waals surface area contributed by atoms with Gasteiger partial charge in [-0.2, -0.15) is 0 Å². The Labute approximate surface area is 141 Å². The Morgan fingerprint density at radius 2 is 1.54 bits per heavy atom. The van der Waals surface area contributed by atoms with Gasteiger partial charge < -0.3 is 10.2 Å². The lowest BCUT2D eigenvalue weighted by Crippen LogP contribution is -2.69. The van der Waals surface area contributed by atoms with Crippen molar-refractivity contribution < 1.29 is 23.4 Å². The van der Waals surface area contributed by atoms with E-state index in [2.05, 4.69) is 0 Å². The molecule has 0 radical (unpaired) electrons. The number of hydrogen-bond donors (Lipinski definition) is 2. The molecule has 0 amide bonds. The summed E-state index contributed by atoms with van der Waals surface area (Å²) < 4.78 is 45.8. The third-order valence-electron chi connectivity index (χ3n) is 8.70. The van der Waals surface area contributed by atoms with Crippen LogP contribution in [0.2, 0.25) is 0 Å². The average Bonchev–Trinajstić information content (AvgIpc) is 2.79. The summed E-state index contributed by atoms with van der Waals surface area (Å²) in [5, 5.41) is 20.3. The molecule has 4 fully saturated rings. The quantitative estimate of drug-likeness (QED) is 0.694. The highest BCUT2D eigenvalue weighted by Gasteiger charge is 2.75. The van der Waals surface area contributed by atoms with Crippen LogP contribution in [0.3, 0.4) is 0 Å². The number of hydrogen-bond acceptors (Lipinski definition) is 2. The van der Waals surface area contributed by atoms with Crippen molar-refractivity contribution in [2.45, 2.75) is 89.0 Å². The van der Waals surface area contributed by atoms with E-state index < -0.39 is 42.1 Å². The third kappa shape index (κ3) is 1.86. The number of halogens is 3. The molecular weight excluding hydrogens is 317 g/mol. The molecule has 0 heterocycles. The topological polar surface area (TPSA) is 40.5 Å². The van der Waals surface area contributed by atoms with Gasteiger partial charge in [0.15, 0.2) is 5.67 Å². The second-order valence-corrected chi connectivity index (χ2v) is 9.54. The molecule has 0 spiro atoms. The summed E-state index contributed by atoms with van der Waals surface area (Å²) in [7, 11) is 0. The van der Waals surface area contributed by atoms with Gasteiger partial charge in [-0.15, -0.1) is 0 Å². The molecule has 5 heteroatoms. The Kier molecular flexibility index (Phi) is 3.50.